The van der Waals surface area contributed by atoms with Gasteiger partial charge in [-0.1, -0.05) is 42.5 Å². The van der Waals surface area contributed by atoms with E-state index in [4.69, 9.17) is 20.3 Å². The van der Waals surface area contributed by atoms with Crippen molar-refractivity contribution in [1.82, 2.24) is 5.32 Å². The Morgan fingerprint density at radius 1 is 1.03 bits per heavy atom. The standard InChI is InChI=1S/C27H35N3O5/c28-22-12-4-5-13-23(22)30-25(32)14-6-7-15-29-27(33)24-18-21(20-10-2-1-3-11-20)19-26(35-24)34-17-9-8-16-31/h1-5,10-13,18,21,26,31H,6-9,14-17,19,28H2,(H,29,33)(H,30,32). The quantitative estimate of drug-likeness (QED) is 0.256. The minimum atomic E-state index is -0.529. The maximum Gasteiger partial charge on any atom is 0.286 e. The summed E-state index contributed by atoms with van der Waals surface area (Å²) in [5, 5.41) is 14.6. The number of amides is 2. The third kappa shape index (κ3) is 8.73. The molecule has 2 amide bonds. The Bertz CT molecular complexity index is 980. The molecule has 0 radical (unpaired) electrons. The molecule has 1 aliphatic heterocycles. The van der Waals surface area contributed by atoms with Gasteiger partial charge in [0.2, 0.25) is 12.2 Å². The zero-order chi connectivity index (χ0) is 24.9. The van der Waals surface area contributed by atoms with Gasteiger partial charge in [0.05, 0.1) is 18.0 Å². The van der Waals surface area contributed by atoms with Crippen molar-refractivity contribution in [3.05, 3.63) is 72.0 Å². The molecule has 2 aromatic carbocycles. The average molecular weight is 482 g/mol. The van der Waals surface area contributed by atoms with Crippen molar-refractivity contribution >= 4 is 23.2 Å². The van der Waals surface area contributed by atoms with Crippen molar-refractivity contribution in [2.24, 2.45) is 0 Å². The number of nitrogen functional groups attached to an aromatic ring is 1. The summed E-state index contributed by atoms with van der Waals surface area (Å²) in [6, 6.07) is 17.1. The van der Waals surface area contributed by atoms with Gasteiger partial charge in [-0.25, -0.2) is 0 Å². The third-order valence-corrected chi connectivity index (χ3v) is 5.72. The summed E-state index contributed by atoms with van der Waals surface area (Å²) >= 11 is 0. The van der Waals surface area contributed by atoms with Crippen LogP contribution in [0.4, 0.5) is 11.4 Å². The van der Waals surface area contributed by atoms with Crippen LogP contribution >= 0.6 is 0 Å². The molecule has 35 heavy (non-hydrogen) atoms. The maximum atomic E-state index is 12.8. The molecule has 1 aliphatic rings. The number of anilines is 2. The van der Waals surface area contributed by atoms with Gasteiger partial charge in [-0.15, -0.1) is 0 Å². The summed E-state index contributed by atoms with van der Waals surface area (Å²) in [7, 11) is 0. The Morgan fingerprint density at radius 2 is 1.80 bits per heavy atom. The minimum Gasteiger partial charge on any atom is -0.459 e. The summed E-state index contributed by atoms with van der Waals surface area (Å²) in [5.74, 6) is -0.159. The molecule has 1 heterocycles. The summed E-state index contributed by atoms with van der Waals surface area (Å²) in [6.45, 7) is 1.01. The zero-order valence-corrected chi connectivity index (χ0v) is 19.9. The van der Waals surface area contributed by atoms with E-state index in [0.717, 1.165) is 12.0 Å². The summed E-state index contributed by atoms with van der Waals surface area (Å²) in [6.07, 6.45) is 4.93. The molecular formula is C27H35N3O5. The number of carbonyl (C=O) groups is 2. The van der Waals surface area contributed by atoms with Crippen LogP contribution in [0.25, 0.3) is 0 Å². The van der Waals surface area contributed by atoms with E-state index in [2.05, 4.69) is 10.6 Å². The predicted octanol–water partition coefficient (Wildman–Crippen LogP) is 3.70. The highest BCUT2D eigenvalue weighted by Gasteiger charge is 2.28. The molecule has 3 rings (SSSR count). The molecule has 0 spiro atoms. The van der Waals surface area contributed by atoms with Crippen molar-refractivity contribution in [1.29, 1.82) is 0 Å². The van der Waals surface area contributed by atoms with Crippen LogP contribution in [-0.2, 0) is 19.1 Å². The minimum absolute atomic E-state index is 0.00246. The number of hydrogen-bond acceptors (Lipinski definition) is 6. The number of aliphatic hydroxyl groups excluding tert-OH is 1. The van der Waals surface area contributed by atoms with Crippen LogP contribution in [0.2, 0.25) is 0 Å². The fourth-order valence-corrected chi connectivity index (χ4v) is 3.80. The Balaban J connectivity index is 1.46. The normalized spacial score (nSPS) is 17.2. The largest absolute Gasteiger partial charge is 0.459 e. The first-order valence-electron chi connectivity index (χ1n) is 12.1. The van der Waals surface area contributed by atoms with E-state index in [0.29, 0.717) is 56.6 Å². The van der Waals surface area contributed by atoms with Crippen LogP contribution in [0.5, 0.6) is 0 Å². The molecule has 2 aromatic rings. The van der Waals surface area contributed by atoms with Crippen LogP contribution in [0.3, 0.4) is 0 Å². The van der Waals surface area contributed by atoms with E-state index in [1.54, 1.807) is 12.1 Å². The monoisotopic (exact) mass is 481 g/mol. The Labute approximate surface area is 206 Å². The van der Waals surface area contributed by atoms with Gasteiger partial charge in [0.15, 0.2) is 5.76 Å². The first-order valence-corrected chi connectivity index (χ1v) is 12.1. The Hall–Kier alpha value is -3.36. The molecule has 188 valence electrons. The number of hydrogen-bond donors (Lipinski definition) is 4. The van der Waals surface area contributed by atoms with E-state index >= 15 is 0 Å². The molecule has 8 nitrogen and oxygen atoms in total. The number of ether oxygens (including phenoxy) is 2. The highest BCUT2D eigenvalue weighted by atomic mass is 16.7. The van der Waals surface area contributed by atoms with Gasteiger partial charge in [-0.2, -0.15) is 0 Å². The Morgan fingerprint density at radius 3 is 2.57 bits per heavy atom. The van der Waals surface area contributed by atoms with Crippen LogP contribution in [-0.4, -0.2) is 43.0 Å². The van der Waals surface area contributed by atoms with Crippen molar-refractivity contribution in [3.63, 3.8) is 0 Å². The number of nitrogens with one attached hydrogen (secondary N) is 2. The lowest BCUT2D eigenvalue weighted by molar-refractivity contribution is -0.146. The van der Waals surface area contributed by atoms with Gasteiger partial charge in [0.25, 0.3) is 5.91 Å². The molecule has 0 fully saturated rings. The van der Waals surface area contributed by atoms with Crippen LogP contribution < -0.4 is 16.4 Å². The van der Waals surface area contributed by atoms with Crippen molar-refractivity contribution in [2.45, 2.75) is 50.7 Å². The molecule has 0 saturated carbocycles. The maximum absolute atomic E-state index is 12.8. The first kappa shape index (κ1) is 26.2. The molecule has 2 atom stereocenters. The van der Waals surface area contributed by atoms with E-state index in [1.165, 1.54) is 0 Å². The lowest BCUT2D eigenvalue weighted by Gasteiger charge is -2.29. The van der Waals surface area contributed by atoms with Gasteiger partial charge in [0, 0.05) is 31.9 Å². The molecule has 2 unspecified atom stereocenters. The smallest absolute Gasteiger partial charge is 0.286 e. The number of carbonyl (C=O) groups excluding carboxylic acids is 2. The zero-order valence-electron chi connectivity index (χ0n) is 19.9. The molecule has 0 saturated heterocycles. The van der Waals surface area contributed by atoms with Gasteiger partial charge >= 0.3 is 0 Å². The lowest BCUT2D eigenvalue weighted by atomic mass is 9.93. The summed E-state index contributed by atoms with van der Waals surface area (Å²) in [4.78, 5) is 24.9. The van der Waals surface area contributed by atoms with E-state index in [1.807, 2.05) is 48.5 Å². The lowest BCUT2D eigenvalue weighted by Crippen LogP contribution is -2.33. The number of allylic oxidation sites excluding steroid dienone is 1. The average Bonchev–Trinajstić information content (AvgIpc) is 2.88. The summed E-state index contributed by atoms with van der Waals surface area (Å²) < 4.78 is 11.7. The van der Waals surface area contributed by atoms with Crippen molar-refractivity contribution < 1.29 is 24.2 Å². The number of benzene rings is 2. The number of para-hydroxylation sites is 2. The fraction of sp³-hybridized carbons (Fsp3) is 0.407. The first-order chi connectivity index (χ1) is 17.1. The number of unbranched alkanes of at least 4 members (excludes halogenated alkanes) is 2. The molecule has 0 aliphatic carbocycles. The van der Waals surface area contributed by atoms with Crippen LogP contribution in [0.15, 0.2) is 66.4 Å². The second-order valence-electron chi connectivity index (χ2n) is 8.48. The van der Waals surface area contributed by atoms with Gasteiger partial charge in [-0.3, -0.25) is 9.59 Å². The van der Waals surface area contributed by atoms with Crippen LogP contribution in [0, 0.1) is 0 Å². The van der Waals surface area contributed by atoms with Gasteiger partial charge < -0.3 is 30.9 Å². The second kappa shape index (κ2) is 14.1. The topological polar surface area (TPSA) is 123 Å². The molecular weight excluding hydrogens is 446 g/mol. The SMILES string of the molecule is Nc1ccccc1NC(=O)CCCCNC(=O)C1=CC(c2ccccc2)CC(OCCCCO)O1. The van der Waals surface area contributed by atoms with Crippen molar-refractivity contribution in [2.75, 3.05) is 30.8 Å². The van der Waals surface area contributed by atoms with E-state index in [-0.39, 0.29) is 30.1 Å². The molecule has 0 bridgehead atoms. The number of aliphatic hydroxyl groups is 1. The molecule has 0 aromatic heterocycles. The van der Waals surface area contributed by atoms with Gasteiger partial charge in [0.1, 0.15) is 0 Å². The van der Waals surface area contributed by atoms with Crippen LogP contribution in [0.1, 0.15) is 50.0 Å². The molecule has 8 heteroatoms. The molecule has 5 N–H and O–H groups in total. The van der Waals surface area contributed by atoms with Gasteiger partial charge in [-0.05, 0) is 49.5 Å². The number of nitrogens with two attached hydrogens (primary N) is 1. The highest BCUT2D eigenvalue weighted by molar-refractivity contribution is 5.93. The summed E-state index contributed by atoms with van der Waals surface area (Å²) in [5.41, 5.74) is 8.07. The third-order valence-electron chi connectivity index (χ3n) is 5.72. The number of rotatable bonds is 13. The fourth-order valence-electron chi connectivity index (χ4n) is 3.80. The highest BCUT2D eigenvalue weighted by Crippen LogP contribution is 2.31. The second-order valence-corrected chi connectivity index (χ2v) is 8.48. The Kier molecular flexibility index (Phi) is 10.6. The van der Waals surface area contributed by atoms with Crippen molar-refractivity contribution in [3.8, 4) is 0 Å². The van der Waals surface area contributed by atoms with E-state index < -0.39 is 6.29 Å². The predicted molar refractivity (Wildman–Crippen MR) is 135 cm³/mol. The van der Waals surface area contributed by atoms with E-state index in [9.17, 15) is 9.59 Å².